The molecule has 2 heteroatoms. The van der Waals surface area contributed by atoms with Crippen LogP contribution in [0.25, 0.3) is 60.5 Å². The molecule has 0 spiro atoms. The van der Waals surface area contributed by atoms with Gasteiger partial charge in [0.15, 0.2) is 0 Å². The number of nitrogens with one attached hydrogen (secondary N) is 1. The molecule has 0 saturated heterocycles. The lowest BCUT2D eigenvalue weighted by molar-refractivity contribution is 1.18. The number of para-hydroxylation sites is 2. The van der Waals surface area contributed by atoms with E-state index in [4.69, 9.17) is 0 Å². The zero-order chi connectivity index (χ0) is 27.9. The van der Waals surface area contributed by atoms with E-state index in [2.05, 4.69) is 174 Å². The minimum absolute atomic E-state index is 1.06. The summed E-state index contributed by atoms with van der Waals surface area (Å²) in [5, 5.41) is 8.73. The molecule has 0 aliphatic rings. The third-order valence-electron chi connectivity index (χ3n) is 8.14. The standard InChI is InChI=1S/C40H28N2/c1-3-12-28(13-4-1)34-21-10-14-29-15-11-22-35(40(29)34)30-16-9-17-31(26-30)41-32-24-25-37-36-20-7-8-23-38(36)42(39(37)27-32)33-18-5-2-6-19-33/h1-27,41H. The van der Waals surface area contributed by atoms with Gasteiger partial charge in [0.1, 0.15) is 0 Å². The lowest BCUT2D eigenvalue weighted by atomic mass is 9.91. The van der Waals surface area contributed by atoms with E-state index in [0.717, 1.165) is 17.1 Å². The van der Waals surface area contributed by atoms with Gasteiger partial charge >= 0.3 is 0 Å². The second kappa shape index (κ2) is 10.1. The molecular formula is C40H28N2. The summed E-state index contributed by atoms with van der Waals surface area (Å²) in [6, 6.07) is 58.5. The highest BCUT2D eigenvalue weighted by Crippen LogP contribution is 2.38. The van der Waals surface area contributed by atoms with Crippen LogP contribution < -0.4 is 5.32 Å². The SMILES string of the molecule is c1ccc(-c2cccc3cccc(-c4cccc(Nc5ccc6c7ccccc7n(-c7ccccc7)c6c5)c4)c23)cc1. The van der Waals surface area contributed by atoms with E-state index < -0.39 is 0 Å². The first-order valence-corrected chi connectivity index (χ1v) is 14.4. The topological polar surface area (TPSA) is 17.0 Å². The van der Waals surface area contributed by atoms with Crippen LogP contribution in [-0.4, -0.2) is 4.57 Å². The summed E-state index contributed by atoms with van der Waals surface area (Å²) in [5.41, 5.74) is 10.6. The van der Waals surface area contributed by atoms with Crippen molar-refractivity contribution >= 4 is 44.0 Å². The van der Waals surface area contributed by atoms with E-state index in [1.54, 1.807) is 0 Å². The summed E-state index contributed by atoms with van der Waals surface area (Å²) in [6.45, 7) is 0. The van der Waals surface area contributed by atoms with E-state index in [1.165, 1.54) is 54.8 Å². The van der Waals surface area contributed by atoms with Crippen molar-refractivity contribution in [2.45, 2.75) is 0 Å². The molecule has 0 radical (unpaired) electrons. The van der Waals surface area contributed by atoms with Gasteiger partial charge in [-0.25, -0.2) is 0 Å². The Balaban J connectivity index is 1.23. The molecular weight excluding hydrogens is 508 g/mol. The van der Waals surface area contributed by atoms with E-state index in [1.807, 2.05) is 0 Å². The first-order valence-electron chi connectivity index (χ1n) is 14.4. The van der Waals surface area contributed by atoms with Crippen LogP contribution in [0.1, 0.15) is 0 Å². The van der Waals surface area contributed by atoms with E-state index in [0.29, 0.717) is 0 Å². The molecule has 0 unspecified atom stereocenters. The maximum Gasteiger partial charge on any atom is 0.0561 e. The fraction of sp³-hybridized carbons (Fsp3) is 0. The molecule has 2 nitrogen and oxygen atoms in total. The molecule has 8 rings (SSSR count). The van der Waals surface area contributed by atoms with Crippen LogP contribution in [0, 0.1) is 0 Å². The average molecular weight is 537 g/mol. The Bertz CT molecular complexity index is 2200. The fourth-order valence-corrected chi connectivity index (χ4v) is 6.27. The Labute approximate surface area is 245 Å². The summed E-state index contributed by atoms with van der Waals surface area (Å²) < 4.78 is 2.35. The number of aromatic nitrogens is 1. The van der Waals surface area contributed by atoms with Gasteiger partial charge in [-0.15, -0.1) is 0 Å². The summed E-state index contributed by atoms with van der Waals surface area (Å²) in [7, 11) is 0. The first kappa shape index (κ1) is 24.2. The number of hydrogen-bond acceptors (Lipinski definition) is 1. The van der Waals surface area contributed by atoms with Crippen molar-refractivity contribution in [3.05, 3.63) is 164 Å². The van der Waals surface area contributed by atoms with Gasteiger partial charge in [-0.2, -0.15) is 0 Å². The monoisotopic (exact) mass is 536 g/mol. The minimum Gasteiger partial charge on any atom is -0.355 e. The lowest BCUT2D eigenvalue weighted by Gasteiger charge is -2.14. The third-order valence-corrected chi connectivity index (χ3v) is 8.14. The molecule has 0 amide bonds. The largest absolute Gasteiger partial charge is 0.355 e. The second-order valence-electron chi connectivity index (χ2n) is 10.7. The predicted octanol–water partition coefficient (Wildman–Crippen LogP) is 11.0. The van der Waals surface area contributed by atoms with Gasteiger partial charge in [0.2, 0.25) is 0 Å². The average Bonchev–Trinajstić information content (AvgIpc) is 3.39. The zero-order valence-electron chi connectivity index (χ0n) is 23.0. The van der Waals surface area contributed by atoms with Crippen molar-refractivity contribution in [2.75, 3.05) is 5.32 Å². The van der Waals surface area contributed by atoms with Crippen molar-refractivity contribution < 1.29 is 0 Å². The van der Waals surface area contributed by atoms with E-state index in [9.17, 15) is 0 Å². The summed E-state index contributed by atoms with van der Waals surface area (Å²) in [6.07, 6.45) is 0. The van der Waals surface area contributed by atoms with Gasteiger partial charge < -0.3 is 9.88 Å². The number of anilines is 2. The van der Waals surface area contributed by atoms with Crippen molar-refractivity contribution in [3.63, 3.8) is 0 Å². The van der Waals surface area contributed by atoms with Crippen LogP contribution in [0.15, 0.2) is 164 Å². The van der Waals surface area contributed by atoms with Crippen LogP contribution in [0.2, 0.25) is 0 Å². The van der Waals surface area contributed by atoms with E-state index >= 15 is 0 Å². The zero-order valence-corrected chi connectivity index (χ0v) is 23.0. The molecule has 0 aliphatic carbocycles. The van der Waals surface area contributed by atoms with Gasteiger partial charge in [-0.1, -0.05) is 121 Å². The van der Waals surface area contributed by atoms with Crippen molar-refractivity contribution in [2.24, 2.45) is 0 Å². The normalized spacial score (nSPS) is 11.3. The van der Waals surface area contributed by atoms with Crippen LogP contribution in [0.5, 0.6) is 0 Å². The second-order valence-corrected chi connectivity index (χ2v) is 10.7. The smallest absolute Gasteiger partial charge is 0.0561 e. The van der Waals surface area contributed by atoms with Gasteiger partial charge in [-0.05, 0) is 75.5 Å². The van der Waals surface area contributed by atoms with Crippen LogP contribution in [0.4, 0.5) is 11.4 Å². The number of benzene rings is 7. The van der Waals surface area contributed by atoms with Gasteiger partial charge in [0, 0.05) is 27.8 Å². The van der Waals surface area contributed by atoms with Crippen LogP contribution in [0.3, 0.4) is 0 Å². The highest BCUT2D eigenvalue weighted by Gasteiger charge is 2.13. The third kappa shape index (κ3) is 4.13. The molecule has 1 aromatic heterocycles. The maximum absolute atomic E-state index is 3.71. The molecule has 0 bridgehead atoms. The Morgan fingerprint density at radius 2 is 1.02 bits per heavy atom. The quantitative estimate of drug-likeness (QED) is 0.231. The van der Waals surface area contributed by atoms with Crippen LogP contribution in [-0.2, 0) is 0 Å². The number of fused-ring (bicyclic) bond motifs is 4. The van der Waals surface area contributed by atoms with Crippen molar-refractivity contribution in [1.29, 1.82) is 0 Å². The highest BCUT2D eigenvalue weighted by atomic mass is 15.0. The summed E-state index contributed by atoms with van der Waals surface area (Å²) in [4.78, 5) is 0. The summed E-state index contributed by atoms with van der Waals surface area (Å²) in [5.74, 6) is 0. The molecule has 42 heavy (non-hydrogen) atoms. The Morgan fingerprint density at radius 1 is 0.405 bits per heavy atom. The molecule has 1 N–H and O–H groups in total. The molecule has 8 aromatic rings. The minimum atomic E-state index is 1.06. The lowest BCUT2D eigenvalue weighted by Crippen LogP contribution is -1.95. The number of rotatable bonds is 5. The molecule has 1 heterocycles. The van der Waals surface area contributed by atoms with Gasteiger partial charge in [0.25, 0.3) is 0 Å². The van der Waals surface area contributed by atoms with Gasteiger partial charge in [0.05, 0.1) is 11.0 Å². The first-order chi connectivity index (χ1) is 20.8. The molecule has 0 aliphatic heterocycles. The van der Waals surface area contributed by atoms with Crippen molar-refractivity contribution in [3.8, 4) is 27.9 Å². The molecule has 7 aromatic carbocycles. The highest BCUT2D eigenvalue weighted by molar-refractivity contribution is 6.10. The maximum atomic E-state index is 3.71. The Hall–Kier alpha value is -5.60. The molecule has 0 fully saturated rings. The Kier molecular flexibility index (Phi) is 5.82. The molecule has 198 valence electrons. The number of hydrogen-bond donors (Lipinski definition) is 1. The fourth-order valence-electron chi connectivity index (χ4n) is 6.27. The van der Waals surface area contributed by atoms with E-state index in [-0.39, 0.29) is 0 Å². The molecule has 0 saturated carbocycles. The van der Waals surface area contributed by atoms with Crippen molar-refractivity contribution in [1.82, 2.24) is 4.57 Å². The number of nitrogens with zero attached hydrogens (tertiary/aromatic N) is 1. The Morgan fingerprint density at radius 3 is 1.83 bits per heavy atom. The van der Waals surface area contributed by atoms with Crippen LogP contribution >= 0.6 is 0 Å². The van der Waals surface area contributed by atoms with Gasteiger partial charge in [-0.3, -0.25) is 0 Å². The summed E-state index contributed by atoms with van der Waals surface area (Å²) >= 11 is 0. The predicted molar refractivity (Wildman–Crippen MR) is 179 cm³/mol. The molecule has 0 atom stereocenters.